The lowest BCUT2D eigenvalue weighted by atomic mass is 10.0. The minimum absolute atomic E-state index is 0.0136. The Bertz CT molecular complexity index is 649. The number of thiazole rings is 1. The van der Waals surface area contributed by atoms with Crippen molar-refractivity contribution in [3.63, 3.8) is 0 Å². The molecule has 0 aliphatic carbocycles. The lowest BCUT2D eigenvalue weighted by Gasteiger charge is -2.37. The Balaban J connectivity index is 1.82. The van der Waals surface area contributed by atoms with E-state index in [-0.39, 0.29) is 11.8 Å². The van der Waals surface area contributed by atoms with Gasteiger partial charge in [0.1, 0.15) is 12.1 Å². The maximum atomic E-state index is 12.5. The van der Waals surface area contributed by atoms with E-state index in [0.29, 0.717) is 13.0 Å². The Morgan fingerprint density at radius 2 is 2.24 bits per heavy atom. The lowest BCUT2D eigenvalue weighted by Crippen LogP contribution is -2.61. The van der Waals surface area contributed by atoms with Crippen molar-refractivity contribution >= 4 is 28.1 Å². The standard InChI is InChI=1S/C14H18N4O2S/c1-3-4-11-13(20)18(9(2)12(19)16-11)8-10-7-17-5-6-21-14(17)15-10/h5-7,9,11H,3-4,8H2,1-2H3,(H,16,19). The van der Waals surface area contributed by atoms with Crippen molar-refractivity contribution in [1.82, 2.24) is 19.6 Å². The summed E-state index contributed by atoms with van der Waals surface area (Å²) in [5, 5.41) is 4.76. The van der Waals surface area contributed by atoms with Crippen LogP contribution in [0.3, 0.4) is 0 Å². The van der Waals surface area contributed by atoms with Gasteiger partial charge in [-0.25, -0.2) is 4.98 Å². The van der Waals surface area contributed by atoms with Gasteiger partial charge in [-0.15, -0.1) is 11.3 Å². The average molecular weight is 306 g/mol. The molecule has 2 amide bonds. The fourth-order valence-electron chi connectivity index (χ4n) is 2.61. The van der Waals surface area contributed by atoms with Gasteiger partial charge in [-0.1, -0.05) is 13.3 Å². The van der Waals surface area contributed by atoms with E-state index >= 15 is 0 Å². The zero-order chi connectivity index (χ0) is 15.0. The zero-order valence-electron chi connectivity index (χ0n) is 12.1. The molecule has 1 N–H and O–H groups in total. The van der Waals surface area contributed by atoms with E-state index in [2.05, 4.69) is 10.3 Å². The number of piperazine rings is 1. The van der Waals surface area contributed by atoms with Gasteiger partial charge < -0.3 is 10.2 Å². The van der Waals surface area contributed by atoms with Crippen molar-refractivity contribution in [2.45, 2.75) is 45.3 Å². The first-order valence-corrected chi connectivity index (χ1v) is 8.00. The van der Waals surface area contributed by atoms with Crippen molar-refractivity contribution in [1.29, 1.82) is 0 Å². The van der Waals surface area contributed by atoms with Gasteiger partial charge in [0.15, 0.2) is 4.96 Å². The van der Waals surface area contributed by atoms with Crippen molar-refractivity contribution in [2.24, 2.45) is 0 Å². The van der Waals surface area contributed by atoms with Crippen LogP contribution < -0.4 is 5.32 Å². The van der Waals surface area contributed by atoms with Crippen molar-refractivity contribution < 1.29 is 9.59 Å². The summed E-state index contributed by atoms with van der Waals surface area (Å²) in [6.07, 6.45) is 5.38. The molecule has 2 aromatic heterocycles. The highest BCUT2D eigenvalue weighted by molar-refractivity contribution is 7.15. The Hall–Kier alpha value is -1.89. The van der Waals surface area contributed by atoms with Crippen LogP contribution in [0.15, 0.2) is 17.8 Å². The van der Waals surface area contributed by atoms with E-state index in [1.54, 1.807) is 23.2 Å². The summed E-state index contributed by atoms with van der Waals surface area (Å²) in [7, 11) is 0. The SMILES string of the molecule is CCCC1NC(=O)C(C)N(Cc2cn3ccsc3n2)C1=O. The van der Waals surface area contributed by atoms with Crippen LogP contribution in [0.25, 0.3) is 4.96 Å². The first kappa shape index (κ1) is 14.1. The van der Waals surface area contributed by atoms with Crippen LogP contribution in [0.1, 0.15) is 32.4 Å². The smallest absolute Gasteiger partial charge is 0.246 e. The maximum Gasteiger partial charge on any atom is 0.246 e. The molecule has 0 spiro atoms. The van der Waals surface area contributed by atoms with Crippen LogP contribution >= 0.6 is 11.3 Å². The zero-order valence-corrected chi connectivity index (χ0v) is 12.9. The number of imidazole rings is 1. The Morgan fingerprint density at radius 1 is 1.43 bits per heavy atom. The number of carbonyl (C=O) groups excluding carboxylic acids is 2. The summed E-state index contributed by atoms with van der Waals surface area (Å²) < 4.78 is 1.93. The molecule has 6 nitrogen and oxygen atoms in total. The number of aromatic nitrogens is 2. The minimum Gasteiger partial charge on any atom is -0.343 e. The first-order valence-electron chi connectivity index (χ1n) is 7.12. The van der Waals surface area contributed by atoms with Gasteiger partial charge in [-0.3, -0.25) is 14.0 Å². The van der Waals surface area contributed by atoms with Crippen LogP contribution in [0.5, 0.6) is 0 Å². The number of hydrogen-bond acceptors (Lipinski definition) is 4. The molecule has 0 radical (unpaired) electrons. The number of nitrogens with zero attached hydrogens (tertiary/aromatic N) is 3. The van der Waals surface area contributed by atoms with Gasteiger partial charge in [0, 0.05) is 17.8 Å². The van der Waals surface area contributed by atoms with E-state index in [9.17, 15) is 9.59 Å². The molecule has 1 aliphatic rings. The molecule has 112 valence electrons. The van der Waals surface area contributed by atoms with Gasteiger partial charge >= 0.3 is 0 Å². The topological polar surface area (TPSA) is 66.7 Å². The number of rotatable bonds is 4. The molecule has 2 aromatic rings. The maximum absolute atomic E-state index is 12.5. The van der Waals surface area contributed by atoms with Crippen LogP contribution in [-0.2, 0) is 16.1 Å². The number of carbonyl (C=O) groups is 2. The second-order valence-corrected chi connectivity index (χ2v) is 6.19. The largest absolute Gasteiger partial charge is 0.343 e. The quantitative estimate of drug-likeness (QED) is 0.929. The monoisotopic (exact) mass is 306 g/mol. The highest BCUT2D eigenvalue weighted by Gasteiger charge is 2.37. The summed E-state index contributed by atoms with van der Waals surface area (Å²) in [5.41, 5.74) is 0.812. The van der Waals surface area contributed by atoms with E-state index in [1.165, 1.54) is 0 Å². The van der Waals surface area contributed by atoms with Crippen LogP contribution in [-0.4, -0.2) is 38.2 Å². The van der Waals surface area contributed by atoms with Gasteiger partial charge in [0.2, 0.25) is 11.8 Å². The Labute approximate surface area is 126 Å². The Morgan fingerprint density at radius 3 is 2.95 bits per heavy atom. The molecular formula is C14H18N4O2S. The number of nitrogens with one attached hydrogen (secondary N) is 1. The summed E-state index contributed by atoms with van der Waals surface area (Å²) in [5.74, 6) is -0.102. The summed E-state index contributed by atoms with van der Waals surface area (Å²) in [4.78, 5) is 31.5. The van der Waals surface area contributed by atoms with Crippen LogP contribution in [0.4, 0.5) is 0 Å². The molecule has 2 unspecified atom stereocenters. The molecule has 0 aromatic carbocycles. The molecule has 1 fully saturated rings. The van der Waals surface area contributed by atoms with E-state index < -0.39 is 12.1 Å². The third-order valence-corrected chi connectivity index (χ3v) is 4.57. The molecule has 3 rings (SSSR count). The lowest BCUT2D eigenvalue weighted by molar-refractivity contribution is -0.149. The highest BCUT2D eigenvalue weighted by Crippen LogP contribution is 2.18. The molecule has 3 heterocycles. The summed E-state index contributed by atoms with van der Waals surface area (Å²) in [6.45, 7) is 4.14. The van der Waals surface area contributed by atoms with E-state index in [1.807, 2.05) is 29.1 Å². The van der Waals surface area contributed by atoms with Crippen molar-refractivity contribution in [3.05, 3.63) is 23.5 Å². The fraction of sp³-hybridized carbons (Fsp3) is 0.500. The molecule has 0 bridgehead atoms. The second-order valence-electron chi connectivity index (χ2n) is 5.32. The first-order chi connectivity index (χ1) is 10.1. The van der Waals surface area contributed by atoms with Gasteiger partial charge in [-0.05, 0) is 13.3 Å². The van der Waals surface area contributed by atoms with E-state index in [0.717, 1.165) is 17.1 Å². The van der Waals surface area contributed by atoms with Crippen molar-refractivity contribution in [2.75, 3.05) is 0 Å². The molecular weight excluding hydrogens is 288 g/mol. The molecule has 21 heavy (non-hydrogen) atoms. The normalized spacial score (nSPS) is 22.9. The fourth-order valence-corrected chi connectivity index (χ4v) is 3.33. The molecule has 0 saturated carbocycles. The highest BCUT2D eigenvalue weighted by atomic mass is 32.1. The predicted octanol–water partition coefficient (Wildman–Crippen LogP) is 1.41. The van der Waals surface area contributed by atoms with Crippen LogP contribution in [0.2, 0.25) is 0 Å². The minimum atomic E-state index is -0.453. The molecule has 2 atom stereocenters. The van der Waals surface area contributed by atoms with Crippen LogP contribution in [0, 0.1) is 0 Å². The second kappa shape index (κ2) is 5.48. The summed E-state index contributed by atoms with van der Waals surface area (Å²) in [6, 6.07) is -0.854. The molecule has 1 saturated heterocycles. The number of amides is 2. The third-order valence-electron chi connectivity index (χ3n) is 3.80. The molecule has 1 aliphatic heterocycles. The van der Waals surface area contributed by atoms with Gasteiger partial charge in [-0.2, -0.15) is 0 Å². The third kappa shape index (κ3) is 2.53. The van der Waals surface area contributed by atoms with E-state index in [4.69, 9.17) is 0 Å². The average Bonchev–Trinajstić information content (AvgIpc) is 3.02. The number of hydrogen-bond donors (Lipinski definition) is 1. The van der Waals surface area contributed by atoms with Gasteiger partial charge in [0.25, 0.3) is 0 Å². The Kier molecular flexibility index (Phi) is 3.67. The van der Waals surface area contributed by atoms with Gasteiger partial charge in [0.05, 0.1) is 12.2 Å². The number of fused-ring (bicyclic) bond motifs is 1. The molecule has 7 heteroatoms. The predicted molar refractivity (Wildman–Crippen MR) is 79.9 cm³/mol. The summed E-state index contributed by atoms with van der Waals surface area (Å²) >= 11 is 1.55. The van der Waals surface area contributed by atoms with Crippen molar-refractivity contribution in [3.8, 4) is 0 Å².